The first-order valence-electron chi connectivity index (χ1n) is 7.66. The summed E-state index contributed by atoms with van der Waals surface area (Å²) in [5, 5.41) is 8.85. The van der Waals surface area contributed by atoms with Gasteiger partial charge >= 0.3 is 5.97 Å². The Balaban J connectivity index is 1.48. The summed E-state index contributed by atoms with van der Waals surface area (Å²) in [6, 6.07) is 14.6. The summed E-state index contributed by atoms with van der Waals surface area (Å²) in [6.45, 7) is 1.26. The van der Waals surface area contributed by atoms with Gasteiger partial charge in [-0.25, -0.2) is 4.79 Å². The van der Waals surface area contributed by atoms with E-state index in [1.807, 2.05) is 36.2 Å². The Morgan fingerprint density at radius 2 is 1.96 bits per heavy atom. The van der Waals surface area contributed by atoms with Gasteiger partial charge in [0.15, 0.2) is 5.58 Å². The standard InChI is InChI=1S/C18H18N2O4/c1-20(18-19-15-5-2-3-6-16(15)24-18)11-4-12-23-14-9-7-13(8-10-14)17(21)22/h2-3,5-10H,4,11-12H2,1H3,(H,21,22). The Kier molecular flexibility index (Phi) is 4.65. The van der Waals surface area contributed by atoms with Gasteiger partial charge in [-0.2, -0.15) is 4.98 Å². The lowest BCUT2D eigenvalue weighted by atomic mass is 10.2. The normalized spacial score (nSPS) is 10.7. The zero-order valence-electron chi connectivity index (χ0n) is 13.3. The number of ether oxygens (including phenoxy) is 1. The second kappa shape index (κ2) is 7.04. The first-order valence-corrected chi connectivity index (χ1v) is 7.66. The third-order valence-electron chi connectivity index (χ3n) is 3.62. The van der Waals surface area contributed by atoms with Gasteiger partial charge in [0, 0.05) is 13.6 Å². The third-order valence-corrected chi connectivity index (χ3v) is 3.62. The minimum atomic E-state index is -0.943. The van der Waals surface area contributed by atoms with Crippen molar-refractivity contribution in [3.05, 3.63) is 54.1 Å². The molecular formula is C18H18N2O4. The fourth-order valence-corrected chi connectivity index (χ4v) is 2.30. The van der Waals surface area contributed by atoms with Crippen LogP contribution in [0.5, 0.6) is 5.75 Å². The molecule has 0 bridgehead atoms. The number of oxazole rings is 1. The summed E-state index contributed by atoms with van der Waals surface area (Å²) >= 11 is 0. The van der Waals surface area contributed by atoms with Gasteiger partial charge in [-0.1, -0.05) is 12.1 Å². The molecule has 3 aromatic rings. The average molecular weight is 326 g/mol. The Bertz CT molecular complexity index is 793. The molecule has 0 fully saturated rings. The van der Waals surface area contributed by atoms with Gasteiger partial charge in [0.25, 0.3) is 6.01 Å². The molecule has 0 aliphatic carbocycles. The van der Waals surface area contributed by atoms with Gasteiger partial charge in [-0.05, 0) is 42.8 Å². The van der Waals surface area contributed by atoms with E-state index in [1.165, 1.54) is 12.1 Å². The van der Waals surface area contributed by atoms with Crippen LogP contribution in [-0.4, -0.2) is 36.3 Å². The van der Waals surface area contributed by atoms with E-state index in [2.05, 4.69) is 4.98 Å². The Morgan fingerprint density at radius 1 is 1.21 bits per heavy atom. The number of fused-ring (bicyclic) bond motifs is 1. The maximum atomic E-state index is 10.8. The molecule has 0 aliphatic heterocycles. The van der Waals surface area contributed by atoms with Crippen molar-refractivity contribution in [2.45, 2.75) is 6.42 Å². The lowest BCUT2D eigenvalue weighted by molar-refractivity contribution is 0.0697. The number of anilines is 1. The maximum Gasteiger partial charge on any atom is 0.335 e. The van der Waals surface area contributed by atoms with Crippen molar-refractivity contribution in [3.63, 3.8) is 0 Å². The quantitative estimate of drug-likeness (QED) is 0.670. The molecule has 0 amide bonds. The summed E-state index contributed by atoms with van der Waals surface area (Å²) in [6.07, 6.45) is 0.788. The molecule has 0 atom stereocenters. The molecule has 0 spiro atoms. The SMILES string of the molecule is CN(CCCOc1ccc(C(=O)O)cc1)c1nc2ccccc2o1. The second-order valence-corrected chi connectivity index (χ2v) is 5.42. The topological polar surface area (TPSA) is 75.8 Å². The Morgan fingerprint density at radius 3 is 2.67 bits per heavy atom. The minimum Gasteiger partial charge on any atom is -0.494 e. The molecule has 24 heavy (non-hydrogen) atoms. The molecule has 1 N–H and O–H groups in total. The summed E-state index contributed by atoms with van der Waals surface area (Å²) < 4.78 is 11.3. The first-order chi connectivity index (χ1) is 11.6. The van der Waals surface area contributed by atoms with Crippen LogP contribution in [0.1, 0.15) is 16.8 Å². The van der Waals surface area contributed by atoms with Crippen LogP contribution in [0.3, 0.4) is 0 Å². The van der Waals surface area contributed by atoms with E-state index in [-0.39, 0.29) is 5.56 Å². The minimum absolute atomic E-state index is 0.248. The van der Waals surface area contributed by atoms with Gasteiger partial charge in [-0.3, -0.25) is 0 Å². The van der Waals surface area contributed by atoms with Crippen LogP contribution in [-0.2, 0) is 0 Å². The van der Waals surface area contributed by atoms with Crippen molar-refractivity contribution in [1.29, 1.82) is 0 Å². The molecule has 124 valence electrons. The summed E-state index contributed by atoms with van der Waals surface area (Å²) in [7, 11) is 1.92. The highest BCUT2D eigenvalue weighted by Crippen LogP contribution is 2.20. The lowest BCUT2D eigenvalue weighted by Gasteiger charge is -2.14. The Hall–Kier alpha value is -3.02. The molecule has 0 radical (unpaired) electrons. The van der Waals surface area contributed by atoms with E-state index >= 15 is 0 Å². The fourth-order valence-electron chi connectivity index (χ4n) is 2.30. The summed E-state index contributed by atoms with van der Waals surface area (Å²) in [4.78, 5) is 17.2. The predicted octanol–water partition coefficient (Wildman–Crippen LogP) is 3.43. The van der Waals surface area contributed by atoms with Gasteiger partial charge < -0.3 is 19.2 Å². The van der Waals surface area contributed by atoms with E-state index in [0.29, 0.717) is 18.4 Å². The molecule has 6 nitrogen and oxygen atoms in total. The molecule has 0 saturated carbocycles. The molecule has 6 heteroatoms. The van der Waals surface area contributed by atoms with E-state index < -0.39 is 5.97 Å². The summed E-state index contributed by atoms with van der Waals surface area (Å²) in [5.74, 6) is -0.286. The van der Waals surface area contributed by atoms with Crippen molar-refractivity contribution < 1.29 is 19.1 Å². The van der Waals surface area contributed by atoms with Crippen molar-refractivity contribution in [2.75, 3.05) is 25.1 Å². The monoisotopic (exact) mass is 326 g/mol. The van der Waals surface area contributed by atoms with Crippen molar-refractivity contribution >= 4 is 23.1 Å². The number of aromatic carboxylic acids is 1. The van der Waals surface area contributed by atoms with Crippen LogP contribution in [0.15, 0.2) is 52.9 Å². The molecule has 0 aliphatic rings. The number of rotatable bonds is 7. The van der Waals surface area contributed by atoms with Crippen LogP contribution in [0.2, 0.25) is 0 Å². The number of para-hydroxylation sites is 2. The molecule has 3 rings (SSSR count). The number of benzene rings is 2. The van der Waals surface area contributed by atoms with Crippen LogP contribution in [0.4, 0.5) is 6.01 Å². The van der Waals surface area contributed by atoms with Gasteiger partial charge in [0.1, 0.15) is 11.3 Å². The smallest absolute Gasteiger partial charge is 0.335 e. The van der Waals surface area contributed by atoms with E-state index in [4.69, 9.17) is 14.3 Å². The van der Waals surface area contributed by atoms with E-state index in [9.17, 15) is 4.79 Å². The van der Waals surface area contributed by atoms with Crippen molar-refractivity contribution in [3.8, 4) is 5.75 Å². The molecule has 1 heterocycles. The predicted molar refractivity (Wildman–Crippen MR) is 90.8 cm³/mol. The molecule has 2 aromatic carbocycles. The first kappa shape index (κ1) is 15.9. The number of carboxylic acid groups (broad SMARTS) is 1. The largest absolute Gasteiger partial charge is 0.494 e. The van der Waals surface area contributed by atoms with Crippen LogP contribution < -0.4 is 9.64 Å². The zero-order valence-corrected chi connectivity index (χ0v) is 13.3. The number of carbonyl (C=O) groups is 1. The summed E-state index contributed by atoms with van der Waals surface area (Å²) in [5.41, 5.74) is 1.86. The fraction of sp³-hybridized carbons (Fsp3) is 0.222. The number of hydrogen-bond donors (Lipinski definition) is 1. The average Bonchev–Trinajstić information content (AvgIpc) is 3.03. The molecule has 0 unspecified atom stereocenters. The van der Waals surface area contributed by atoms with Crippen LogP contribution in [0.25, 0.3) is 11.1 Å². The highest BCUT2D eigenvalue weighted by molar-refractivity contribution is 5.87. The molecule has 1 aromatic heterocycles. The van der Waals surface area contributed by atoms with E-state index in [1.54, 1.807) is 12.1 Å². The second-order valence-electron chi connectivity index (χ2n) is 5.42. The van der Waals surface area contributed by atoms with Gasteiger partial charge in [0.05, 0.1) is 12.2 Å². The Labute approximate surface area is 139 Å². The van der Waals surface area contributed by atoms with Gasteiger partial charge in [0.2, 0.25) is 0 Å². The lowest BCUT2D eigenvalue weighted by Crippen LogP contribution is -2.20. The maximum absolute atomic E-state index is 10.8. The number of carboxylic acids is 1. The van der Waals surface area contributed by atoms with Crippen LogP contribution in [0, 0.1) is 0 Å². The van der Waals surface area contributed by atoms with Crippen molar-refractivity contribution in [1.82, 2.24) is 4.98 Å². The van der Waals surface area contributed by atoms with Crippen LogP contribution >= 0.6 is 0 Å². The van der Waals surface area contributed by atoms with Crippen molar-refractivity contribution in [2.24, 2.45) is 0 Å². The zero-order chi connectivity index (χ0) is 16.9. The molecule has 0 saturated heterocycles. The number of nitrogens with zero attached hydrogens (tertiary/aromatic N) is 2. The number of aromatic nitrogens is 1. The molecular weight excluding hydrogens is 308 g/mol. The number of hydrogen-bond acceptors (Lipinski definition) is 5. The van der Waals surface area contributed by atoms with Gasteiger partial charge in [-0.15, -0.1) is 0 Å². The van der Waals surface area contributed by atoms with E-state index in [0.717, 1.165) is 24.1 Å². The highest BCUT2D eigenvalue weighted by Gasteiger charge is 2.09. The highest BCUT2D eigenvalue weighted by atomic mass is 16.5. The third kappa shape index (κ3) is 3.65.